The van der Waals surface area contributed by atoms with Crippen LogP contribution in [0.5, 0.6) is 0 Å². The monoisotopic (exact) mass is 481 g/mol. The van der Waals surface area contributed by atoms with Gasteiger partial charge in [0.15, 0.2) is 0 Å². The molecule has 0 aromatic heterocycles. The SMILES string of the molecule is S=C1OC(c2ccc3c(c2)CCCC3)=CC(c2cccc3ccccc23)N1c1ccc(Cl)cc1. The van der Waals surface area contributed by atoms with Crippen LogP contribution >= 0.6 is 23.8 Å². The molecule has 0 saturated heterocycles. The van der Waals surface area contributed by atoms with E-state index < -0.39 is 0 Å². The highest BCUT2D eigenvalue weighted by molar-refractivity contribution is 7.80. The average molecular weight is 482 g/mol. The van der Waals surface area contributed by atoms with Gasteiger partial charge in [0.05, 0.1) is 6.04 Å². The zero-order valence-corrected chi connectivity index (χ0v) is 20.3. The van der Waals surface area contributed by atoms with Crippen molar-refractivity contribution in [3.05, 3.63) is 118 Å². The second kappa shape index (κ2) is 8.90. The van der Waals surface area contributed by atoms with E-state index in [0.29, 0.717) is 10.2 Å². The van der Waals surface area contributed by atoms with E-state index in [0.717, 1.165) is 29.9 Å². The molecule has 4 heteroatoms. The Bertz CT molecular complexity index is 1420. The lowest BCUT2D eigenvalue weighted by atomic mass is 9.89. The summed E-state index contributed by atoms with van der Waals surface area (Å²) in [4.78, 5) is 2.08. The van der Waals surface area contributed by atoms with Crippen LogP contribution in [0.4, 0.5) is 5.69 Å². The van der Waals surface area contributed by atoms with Gasteiger partial charge in [-0.1, -0.05) is 66.2 Å². The molecule has 0 fully saturated rings. The summed E-state index contributed by atoms with van der Waals surface area (Å²) in [7, 11) is 0. The Morgan fingerprint density at radius 3 is 2.44 bits per heavy atom. The molecule has 6 rings (SSSR count). The number of ether oxygens (including phenoxy) is 1. The molecule has 168 valence electrons. The molecule has 2 aliphatic rings. The zero-order valence-electron chi connectivity index (χ0n) is 18.7. The van der Waals surface area contributed by atoms with E-state index in [1.807, 2.05) is 24.3 Å². The number of benzene rings is 4. The first-order valence-electron chi connectivity index (χ1n) is 11.8. The normalized spacial score (nSPS) is 17.8. The van der Waals surface area contributed by atoms with Crippen molar-refractivity contribution in [3.8, 4) is 0 Å². The van der Waals surface area contributed by atoms with Crippen LogP contribution in [-0.4, -0.2) is 5.17 Å². The average Bonchev–Trinajstić information content (AvgIpc) is 2.88. The molecule has 0 N–H and O–H groups in total. The summed E-state index contributed by atoms with van der Waals surface area (Å²) in [6, 6.07) is 29.3. The minimum atomic E-state index is -0.112. The van der Waals surface area contributed by atoms with Crippen molar-refractivity contribution < 1.29 is 4.74 Å². The second-order valence-corrected chi connectivity index (χ2v) is 9.73. The molecule has 2 nitrogen and oxygen atoms in total. The Kier molecular flexibility index (Phi) is 5.60. The number of hydrogen-bond donors (Lipinski definition) is 0. The maximum absolute atomic E-state index is 6.31. The Morgan fingerprint density at radius 2 is 1.59 bits per heavy atom. The van der Waals surface area contributed by atoms with Gasteiger partial charge in [-0.15, -0.1) is 0 Å². The summed E-state index contributed by atoms with van der Waals surface area (Å²) in [5.41, 5.74) is 6.12. The topological polar surface area (TPSA) is 12.5 Å². The number of fused-ring (bicyclic) bond motifs is 2. The van der Waals surface area contributed by atoms with E-state index in [2.05, 4.69) is 71.6 Å². The Morgan fingerprint density at radius 1 is 0.824 bits per heavy atom. The third-order valence-electron chi connectivity index (χ3n) is 6.86. The summed E-state index contributed by atoms with van der Waals surface area (Å²) in [5, 5.41) is 3.55. The van der Waals surface area contributed by atoms with E-state index >= 15 is 0 Å². The summed E-state index contributed by atoms with van der Waals surface area (Å²) in [6.07, 6.45) is 7.02. The van der Waals surface area contributed by atoms with Gasteiger partial charge in [-0.3, -0.25) is 4.90 Å². The van der Waals surface area contributed by atoms with Gasteiger partial charge in [-0.2, -0.15) is 0 Å². The van der Waals surface area contributed by atoms with Gasteiger partial charge in [-0.05, 0) is 102 Å². The molecular weight excluding hydrogens is 458 g/mol. The van der Waals surface area contributed by atoms with Gasteiger partial charge >= 0.3 is 0 Å². The highest BCUT2D eigenvalue weighted by Gasteiger charge is 2.31. The maximum Gasteiger partial charge on any atom is 0.270 e. The van der Waals surface area contributed by atoms with Crippen molar-refractivity contribution >= 4 is 51.2 Å². The lowest BCUT2D eigenvalue weighted by molar-refractivity contribution is 0.479. The first-order chi connectivity index (χ1) is 16.7. The van der Waals surface area contributed by atoms with Gasteiger partial charge < -0.3 is 4.74 Å². The molecule has 1 unspecified atom stereocenters. The van der Waals surface area contributed by atoms with Crippen LogP contribution in [-0.2, 0) is 17.6 Å². The van der Waals surface area contributed by atoms with Gasteiger partial charge in [-0.25, -0.2) is 0 Å². The molecule has 0 radical (unpaired) electrons. The maximum atomic E-state index is 6.31. The molecule has 4 aromatic carbocycles. The molecule has 0 spiro atoms. The number of halogens is 1. The molecule has 4 aromatic rings. The molecular formula is C30H24ClNOS. The van der Waals surface area contributed by atoms with Gasteiger partial charge in [0.1, 0.15) is 5.76 Å². The standard InChI is InChI=1S/C30H24ClNOS/c31-24-14-16-25(17-15-24)32-28(27-11-5-9-21-7-3-4-10-26(21)27)19-29(33-30(32)34)23-13-12-20-6-1-2-8-22(20)18-23/h3-5,7,9-19,28H,1-2,6,8H2. The number of nitrogens with zero attached hydrogens (tertiary/aromatic N) is 1. The minimum Gasteiger partial charge on any atom is -0.431 e. The first kappa shape index (κ1) is 21.4. The highest BCUT2D eigenvalue weighted by Crippen LogP contribution is 2.40. The lowest BCUT2D eigenvalue weighted by Gasteiger charge is -2.36. The van der Waals surface area contributed by atoms with E-state index in [1.54, 1.807) is 0 Å². The van der Waals surface area contributed by atoms with Gasteiger partial charge in [0, 0.05) is 16.3 Å². The van der Waals surface area contributed by atoms with Crippen LogP contribution in [0.3, 0.4) is 0 Å². The fourth-order valence-electron chi connectivity index (χ4n) is 5.16. The minimum absolute atomic E-state index is 0.112. The van der Waals surface area contributed by atoms with Gasteiger partial charge in [0.25, 0.3) is 5.17 Å². The van der Waals surface area contributed by atoms with Crippen LogP contribution in [0.2, 0.25) is 5.02 Å². The molecule has 34 heavy (non-hydrogen) atoms. The van der Waals surface area contributed by atoms with Crippen LogP contribution in [0.25, 0.3) is 16.5 Å². The number of anilines is 1. The van der Waals surface area contributed by atoms with Crippen molar-refractivity contribution in [1.82, 2.24) is 0 Å². The van der Waals surface area contributed by atoms with Crippen LogP contribution in [0.1, 0.15) is 41.1 Å². The molecule has 0 amide bonds. The largest absolute Gasteiger partial charge is 0.431 e. The molecule has 0 saturated carbocycles. The third kappa shape index (κ3) is 3.89. The molecule has 1 heterocycles. The molecule has 1 atom stereocenters. The van der Waals surface area contributed by atoms with Crippen molar-refractivity contribution in [2.24, 2.45) is 0 Å². The van der Waals surface area contributed by atoms with Crippen LogP contribution in [0.15, 0.2) is 91.0 Å². The summed E-state index contributed by atoms with van der Waals surface area (Å²) in [6.45, 7) is 0. The number of hydrogen-bond acceptors (Lipinski definition) is 2. The fourth-order valence-corrected chi connectivity index (χ4v) is 5.59. The van der Waals surface area contributed by atoms with Crippen molar-refractivity contribution in [3.63, 3.8) is 0 Å². The second-order valence-electron chi connectivity index (χ2n) is 8.95. The summed E-state index contributed by atoms with van der Waals surface area (Å²) >= 11 is 12.1. The Hall–Kier alpha value is -3.14. The third-order valence-corrected chi connectivity index (χ3v) is 7.39. The Balaban J connectivity index is 1.51. The quantitative estimate of drug-likeness (QED) is 0.273. The first-order valence-corrected chi connectivity index (χ1v) is 12.5. The van der Waals surface area contributed by atoms with Crippen molar-refractivity contribution in [2.75, 3.05) is 4.90 Å². The number of aryl methyl sites for hydroxylation is 2. The fraction of sp³-hybridized carbons (Fsp3) is 0.167. The van der Waals surface area contributed by atoms with Crippen LogP contribution in [0, 0.1) is 0 Å². The van der Waals surface area contributed by atoms with E-state index in [4.69, 9.17) is 28.6 Å². The van der Waals surface area contributed by atoms with Crippen LogP contribution < -0.4 is 4.90 Å². The number of rotatable bonds is 3. The lowest BCUT2D eigenvalue weighted by Crippen LogP contribution is -2.37. The highest BCUT2D eigenvalue weighted by atomic mass is 35.5. The van der Waals surface area contributed by atoms with Crippen molar-refractivity contribution in [2.45, 2.75) is 31.7 Å². The van der Waals surface area contributed by atoms with E-state index in [9.17, 15) is 0 Å². The summed E-state index contributed by atoms with van der Waals surface area (Å²) in [5.74, 6) is 0.821. The Labute approximate surface area is 210 Å². The number of thiocarbonyl (C=S) groups is 1. The summed E-state index contributed by atoms with van der Waals surface area (Å²) < 4.78 is 6.31. The molecule has 1 aliphatic carbocycles. The van der Waals surface area contributed by atoms with Gasteiger partial charge in [0.2, 0.25) is 0 Å². The predicted octanol–water partition coefficient (Wildman–Crippen LogP) is 8.28. The van der Waals surface area contributed by atoms with E-state index in [1.165, 1.54) is 40.3 Å². The van der Waals surface area contributed by atoms with Crippen molar-refractivity contribution in [1.29, 1.82) is 0 Å². The molecule has 0 bridgehead atoms. The predicted molar refractivity (Wildman–Crippen MR) is 145 cm³/mol. The zero-order chi connectivity index (χ0) is 23.1. The smallest absolute Gasteiger partial charge is 0.270 e. The molecule has 1 aliphatic heterocycles. The van der Waals surface area contributed by atoms with E-state index in [-0.39, 0.29) is 6.04 Å².